The van der Waals surface area contributed by atoms with Crippen molar-refractivity contribution in [3.05, 3.63) is 0 Å². The number of hydrogen-bond donors (Lipinski definition) is 2. The molecule has 0 aromatic heterocycles. The summed E-state index contributed by atoms with van der Waals surface area (Å²) in [5.41, 5.74) is 0. The number of nitrogens with zero attached hydrogens (tertiary/aromatic N) is 1. The highest BCUT2D eigenvalue weighted by Gasteiger charge is 2.35. The third-order valence-corrected chi connectivity index (χ3v) is 3.87. The van der Waals surface area contributed by atoms with Gasteiger partial charge in [-0.2, -0.15) is 0 Å². The molecule has 0 spiro atoms. The zero-order valence-corrected chi connectivity index (χ0v) is 9.82. The molecule has 0 bridgehead atoms. The summed E-state index contributed by atoms with van der Waals surface area (Å²) in [5.74, 6) is -0.775. The van der Waals surface area contributed by atoms with E-state index < -0.39 is 5.97 Å². The van der Waals surface area contributed by atoms with Gasteiger partial charge in [0.1, 0.15) is 0 Å². The van der Waals surface area contributed by atoms with E-state index in [0.717, 1.165) is 25.9 Å². The fourth-order valence-electron chi connectivity index (χ4n) is 2.63. The quantitative estimate of drug-likeness (QED) is 0.732. The molecular formula is C12H22N2O2. The maximum absolute atomic E-state index is 10.8. The predicted octanol–water partition coefficient (Wildman–Crippen LogP) is 0.925. The number of nitrogens with one attached hydrogen (secondary N) is 1. The Labute approximate surface area is 97.0 Å². The molecule has 1 saturated heterocycles. The molecule has 0 aromatic rings. The molecule has 4 heteroatoms. The summed E-state index contributed by atoms with van der Waals surface area (Å²) in [6, 6.07) is 0.224. The molecule has 1 aliphatic heterocycles. The van der Waals surface area contributed by atoms with Crippen LogP contribution in [0.25, 0.3) is 0 Å². The van der Waals surface area contributed by atoms with Crippen LogP contribution in [0.4, 0.5) is 0 Å². The lowest BCUT2D eigenvalue weighted by molar-refractivity contribution is -0.146. The summed E-state index contributed by atoms with van der Waals surface area (Å²) in [6.45, 7) is 4.45. The zero-order chi connectivity index (χ0) is 11.4. The Morgan fingerprint density at radius 3 is 2.56 bits per heavy atom. The highest BCUT2D eigenvalue weighted by atomic mass is 16.4. The van der Waals surface area contributed by atoms with Crippen LogP contribution in [0.3, 0.4) is 0 Å². The lowest BCUT2D eigenvalue weighted by Crippen LogP contribution is -2.49. The molecule has 1 heterocycles. The Morgan fingerprint density at radius 1 is 1.25 bits per heavy atom. The third kappa shape index (κ3) is 2.95. The van der Waals surface area contributed by atoms with Gasteiger partial charge in [-0.15, -0.1) is 0 Å². The van der Waals surface area contributed by atoms with Gasteiger partial charge in [-0.3, -0.25) is 4.79 Å². The Bertz CT molecular complexity index is 239. The summed E-state index contributed by atoms with van der Waals surface area (Å²) in [7, 11) is 0. The minimum Gasteiger partial charge on any atom is -0.481 e. The number of carboxylic acids is 1. The first-order valence-corrected chi connectivity index (χ1v) is 6.46. The normalized spacial score (nSPS) is 31.0. The average molecular weight is 226 g/mol. The van der Waals surface area contributed by atoms with Crippen LogP contribution in [0.1, 0.15) is 32.1 Å². The second-order valence-corrected chi connectivity index (χ2v) is 4.98. The van der Waals surface area contributed by atoms with Crippen molar-refractivity contribution < 1.29 is 9.90 Å². The molecule has 2 aliphatic rings. The molecule has 2 unspecified atom stereocenters. The number of carboxylic acid groups (broad SMARTS) is 1. The summed E-state index contributed by atoms with van der Waals surface area (Å²) in [5, 5.41) is 12.3. The van der Waals surface area contributed by atoms with E-state index in [1.807, 2.05) is 0 Å². The molecule has 2 fully saturated rings. The molecule has 0 radical (unpaired) electrons. The molecule has 2 rings (SSSR count). The van der Waals surface area contributed by atoms with Gasteiger partial charge in [-0.25, -0.2) is 0 Å². The standard InChI is InChI=1S/C12H22N2O2/c15-12(16)10-4-5-11(10)13-6-9-14-7-2-1-3-8-14/h10-11,13H,1-9H2,(H,15,16). The number of hydrogen-bond acceptors (Lipinski definition) is 3. The van der Waals surface area contributed by atoms with Gasteiger partial charge in [0.2, 0.25) is 0 Å². The molecular weight excluding hydrogens is 204 g/mol. The fraction of sp³-hybridized carbons (Fsp3) is 0.917. The molecule has 0 aromatic carbocycles. The van der Waals surface area contributed by atoms with Crippen LogP contribution in [0.5, 0.6) is 0 Å². The molecule has 2 atom stereocenters. The summed E-state index contributed by atoms with van der Waals surface area (Å²) >= 11 is 0. The van der Waals surface area contributed by atoms with Crippen molar-refractivity contribution >= 4 is 5.97 Å². The van der Waals surface area contributed by atoms with E-state index in [1.54, 1.807) is 0 Å². The first-order valence-electron chi connectivity index (χ1n) is 6.46. The van der Waals surface area contributed by atoms with Gasteiger partial charge >= 0.3 is 5.97 Å². The minimum absolute atomic E-state index is 0.138. The summed E-state index contributed by atoms with van der Waals surface area (Å²) in [4.78, 5) is 13.3. The topological polar surface area (TPSA) is 52.6 Å². The fourth-order valence-corrected chi connectivity index (χ4v) is 2.63. The monoisotopic (exact) mass is 226 g/mol. The number of carbonyl (C=O) groups is 1. The first kappa shape index (κ1) is 11.9. The summed E-state index contributed by atoms with van der Waals surface area (Å²) in [6.07, 6.45) is 5.88. The maximum Gasteiger partial charge on any atom is 0.308 e. The van der Waals surface area contributed by atoms with E-state index in [0.29, 0.717) is 0 Å². The lowest BCUT2D eigenvalue weighted by atomic mass is 9.79. The second kappa shape index (κ2) is 5.64. The number of piperidine rings is 1. The average Bonchev–Trinajstić information content (AvgIpc) is 2.23. The molecule has 92 valence electrons. The molecule has 1 aliphatic carbocycles. The van der Waals surface area contributed by atoms with Gasteiger partial charge in [-0.05, 0) is 38.8 Å². The molecule has 1 saturated carbocycles. The number of rotatable bonds is 5. The maximum atomic E-state index is 10.8. The first-order chi connectivity index (χ1) is 7.77. The number of likely N-dealkylation sites (tertiary alicyclic amines) is 1. The van der Waals surface area contributed by atoms with Crippen LogP contribution in [0.15, 0.2) is 0 Å². The van der Waals surface area contributed by atoms with Crippen molar-refractivity contribution in [1.29, 1.82) is 0 Å². The largest absolute Gasteiger partial charge is 0.481 e. The van der Waals surface area contributed by atoms with Gasteiger partial charge in [0.25, 0.3) is 0 Å². The van der Waals surface area contributed by atoms with Crippen LogP contribution < -0.4 is 5.32 Å². The Morgan fingerprint density at radius 2 is 2.00 bits per heavy atom. The van der Waals surface area contributed by atoms with Crippen molar-refractivity contribution in [3.63, 3.8) is 0 Å². The molecule has 0 amide bonds. The van der Waals surface area contributed by atoms with Crippen molar-refractivity contribution in [2.75, 3.05) is 26.2 Å². The van der Waals surface area contributed by atoms with Crippen molar-refractivity contribution in [1.82, 2.24) is 10.2 Å². The second-order valence-electron chi connectivity index (χ2n) is 4.98. The third-order valence-electron chi connectivity index (χ3n) is 3.87. The van der Waals surface area contributed by atoms with Crippen LogP contribution in [-0.2, 0) is 4.79 Å². The van der Waals surface area contributed by atoms with E-state index in [4.69, 9.17) is 5.11 Å². The van der Waals surface area contributed by atoms with E-state index in [-0.39, 0.29) is 12.0 Å². The van der Waals surface area contributed by atoms with Gasteiger partial charge in [-0.1, -0.05) is 6.42 Å². The van der Waals surface area contributed by atoms with E-state index in [9.17, 15) is 4.79 Å². The van der Waals surface area contributed by atoms with Crippen LogP contribution >= 0.6 is 0 Å². The molecule has 2 N–H and O–H groups in total. The lowest BCUT2D eigenvalue weighted by Gasteiger charge is -2.35. The Balaban J connectivity index is 1.59. The van der Waals surface area contributed by atoms with Gasteiger partial charge in [0.05, 0.1) is 5.92 Å². The van der Waals surface area contributed by atoms with Crippen LogP contribution in [0, 0.1) is 5.92 Å². The molecule has 4 nitrogen and oxygen atoms in total. The van der Waals surface area contributed by atoms with Gasteiger partial charge < -0.3 is 15.3 Å². The van der Waals surface area contributed by atoms with Crippen molar-refractivity contribution in [2.24, 2.45) is 5.92 Å². The van der Waals surface area contributed by atoms with Crippen molar-refractivity contribution in [2.45, 2.75) is 38.1 Å². The van der Waals surface area contributed by atoms with Gasteiger partial charge in [0, 0.05) is 19.1 Å². The molecule has 16 heavy (non-hydrogen) atoms. The summed E-state index contributed by atoms with van der Waals surface area (Å²) < 4.78 is 0. The van der Waals surface area contributed by atoms with E-state index in [1.165, 1.54) is 32.4 Å². The Hall–Kier alpha value is -0.610. The minimum atomic E-state index is -0.637. The SMILES string of the molecule is O=C(O)C1CCC1NCCN1CCCCC1. The predicted molar refractivity (Wildman–Crippen MR) is 62.4 cm³/mol. The van der Waals surface area contributed by atoms with E-state index >= 15 is 0 Å². The van der Waals surface area contributed by atoms with Crippen LogP contribution in [0.2, 0.25) is 0 Å². The van der Waals surface area contributed by atoms with Gasteiger partial charge in [0.15, 0.2) is 0 Å². The smallest absolute Gasteiger partial charge is 0.308 e. The van der Waals surface area contributed by atoms with Crippen LogP contribution in [-0.4, -0.2) is 48.2 Å². The number of aliphatic carboxylic acids is 1. The van der Waals surface area contributed by atoms with E-state index in [2.05, 4.69) is 10.2 Å². The highest BCUT2D eigenvalue weighted by molar-refractivity contribution is 5.72. The Kier molecular flexibility index (Phi) is 4.18. The zero-order valence-electron chi connectivity index (χ0n) is 9.82. The van der Waals surface area contributed by atoms with Crippen molar-refractivity contribution in [3.8, 4) is 0 Å². The highest BCUT2D eigenvalue weighted by Crippen LogP contribution is 2.27.